The molecule has 0 fully saturated rings. The summed E-state index contributed by atoms with van der Waals surface area (Å²) >= 11 is 11.9. The highest BCUT2D eigenvalue weighted by molar-refractivity contribution is 6.38. The first-order chi connectivity index (χ1) is 10.5. The molecule has 0 saturated carbocycles. The molecule has 0 aromatic heterocycles. The number of rotatable bonds is 4. The molecule has 0 unspecified atom stereocenters. The largest absolute Gasteiger partial charge is 0.271 e. The van der Waals surface area contributed by atoms with Gasteiger partial charge in [-0.3, -0.25) is 14.9 Å². The summed E-state index contributed by atoms with van der Waals surface area (Å²) in [5.74, 6) is -0.505. The number of amides is 1. The van der Waals surface area contributed by atoms with Crippen LogP contribution in [0.15, 0.2) is 47.6 Å². The smallest absolute Gasteiger partial charge is 0.267 e. The fourth-order valence-corrected chi connectivity index (χ4v) is 2.08. The highest BCUT2D eigenvalue weighted by atomic mass is 35.5. The minimum Gasteiger partial charge on any atom is -0.267 e. The van der Waals surface area contributed by atoms with Crippen molar-refractivity contribution in [3.05, 3.63) is 73.8 Å². The molecule has 0 saturated heterocycles. The topological polar surface area (TPSA) is 84.6 Å². The summed E-state index contributed by atoms with van der Waals surface area (Å²) in [6, 6.07) is 10.1. The van der Waals surface area contributed by atoms with Gasteiger partial charge in [0.15, 0.2) is 0 Å². The third-order valence-electron chi connectivity index (χ3n) is 2.70. The van der Waals surface area contributed by atoms with Gasteiger partial charge in [-0.15, -0.1) is 0 Å². The monoisotopic (exact) mass is 337 g/mol. The number of hydrazone groups is 1. The predicted molar refractivity (Wildman–Crippen MR) is 84.6 cm³/mol. The lowest BCUT2D eigenvalue weighted by molar-refractivity contribution is -0.384. The SMILES string of the molecule is O=C(N/N=C\c1c(Cl)cccc1Cl)c1ccc([N+](=O)[O-])cc1. The van der Waals surface area contributed by atoms with Crippen molar-refractivity contribution in [2.24, 2.45) is 5.10 Å². The summed E-state index contributed by atoms with van der Waals surface area (Å²) in [5, 5.41) is 15.1. The molecule has 1 amide bonds. The molecule has 112 valence electrons. The molecule has 2 rings (SSSR count). The average Bonchev–Trinajstić information content (AvgIpc) is 2.50. The Morgan fingerprint density at radius 1 is 1.14 bits per heavy atom. The zero-order valence-electron chi connectivity index (χ0n) is 11.0. The van der Waals surface area contributed by atoms with E-state index in [1.54, 1.807) is 18.2 Å². The van der Waals surface area contributed by atoms with Gasteiger partial charge in [-0.2, -0.15) is 5.10 Å². The van der Waals surface area contributed by atoms with Crippen molar-refractivity contribution in [1.82, 2.24) is 5.43 Å². The number of nitrogens with one attached hydrogen (secondary N) is 1. The fraction of sp³-hybridized carbons (Fsp3) is 0. The summed E-state index contributed by atoms with van der Waals surface area (Å²) < 4.78 is 0. The maximum absolute atomic E-state index is 11.8. The standard InChI is InChI=1S/C14H9Cl2N3O3/c15-12-2-1-3-13(16)11(12)8-17-18-14(20)9-4-6-10(7-5-9)19(21)22/h1-8H,(H,18,20)/b17-8-. The summed E-state index contributed by atoms with van der Waals surface area (Å²) in [4.78, 5) is 21.8. The summed E-state index contributed by atoms with van der Waals surface area (Å²) in [6.45, 7) is 0. The number of non-ortho nitro benzene ring substituents is 1. The van der Waals surface area contributed by atoms with Crippen LogP contribution in [-0.2, 0) is 0 Å². The lowest BCUT2D eigenvalue weighted by atomic mass is 10.2. The van der Waals surface area contributed by atoms with Crippen LogP contribution in [0.2, 0.25) is 10.0 Å². The molecule has 0 atom stereocenters. The summed E-state index contributed by atoms with van der Waals surface area (Å²) in [5.41, 5.74) is 2.92. The van der Waals surface area contributed by atoms with Crippen molar-refractivity contribution >= 4 is 41.0 Å². The fourth-order valence-electron chi connectivity index (χ4n) is 1.59. The van der Waals surface area contributed by atoms with Crippen LogP contribution in [0.3, 0.4) is 0 Å². The quantitative estimate of drug-likeness (QED) is 0.524. The molecule has 2 aromatic rings. The molecule has 0 aliphatic heterocycles. The van der Waals surface area contributed by atoms with Crippen LogP contribution in [0.25, 0.3) is 0 Å². The number of carbonyl (C=O) groups is 1. The Balaban J connectivity index is 2.06. The second-order valence-electron chi connectivity index (χ2n) is 4.14. The first kappa shape index (κ1) is 15.9. The first-order valence-electron chi connectivity index (χ1n) is 6.01. The Bertz CT molecular complexity index is 725. The number of nitrogens with zero attached hydrogens (tertiary/aromatic N) is 2. The second-order valence-corrected chi connectivity index (χ2v) is 4.95. The molecule has 1 N–H and O–H groups in total. The lowest BCUT2D eigenvalue weighted by Gasteiger charge is -2.01. The minimum absolute atomic E-state index is 0.0945. The Labute approximate surface area is 135 Å². The van der Waals surface area contributed by atoms with Crippen LogP contribution >= 0.6 is 23.2 Å². The van der Waals surface area contributed by atoms with Gasteiger partial charge in [0.05, 0.1) is 21.2 Å². The number of nitro groups is 1. The molecular formula is C14H9Cl2N3O3. The first-order valence-corrected chi connectivity index (χ1v) is 6.76. The second kappa shape index (κ2) is 7.02. The highest BCUT2D eigenvalue weighted by Crippen LogP contribution is 2.22. The van der Waals surface area contributed by atoms with Crippen molar-refractivity contribution in [2.45, 2.75) is 0 Å². The molecule has 22 heavy (non-hydrogen) atoms. The molecule has 0 bridgehead atoms. The predicted octanol–water partition coefficient (Wildman–Crippen LogP) is 3.67. The number of hydrogen-bond donors (Lipinski definition) is 1. The number of halogens is 2. The number of benzene rings is 2. The Hall–Kier alpha value is -2.44. The van der Waals surface area contributed by atoms with Crippen molar-refractivity contribution < 1.29 is 9.72 Å². The van der Waals surface area contributed by atoms with Gasteiger partial charge in [-0.25, -0.2) is 5.43 Å². The van der Waals surface area contributed by atoms with Crippen LogP contribution in [-0.4, -0.2) is 17.0 Å². The summed E-state index contributed by atoms with van der Waals surface area (Å²) in [6.07, 6.45) is 1.33. The molecule has 8 heteroatoms. The van der Waals surface area contributed by atoms with Gasteiger partial charge in [0.1, 0.15) is 0 Å². The van der Waals surface area contributed by atoms with Crippen molar-refractivity contribution in [2.75, 3.05) is 0 Å². The maximum Gasteiger partial charge on any atom is 0.271 e. The summed E-state index contributed by atoms with van der Waals surface area (Å²) in [7, 11) is 0. The third-order valence-corrected chi connectivity index (χ3v) is 3.36. The number of nitro benzene ring substituents is 1. The molecule has 0 aliphatic carbocycles. The van der Waals surface area contributed by atoms with E-state index in [0.29, 0.717) is 15.6 Å². The van der Waals surface area contributed by atoms with Crippen molar-refractivity contribution in [1.29, 1.82) is 0 Å². The van der Waals surface area contributed by atoms with Crippen molar-refractivity contribution in [3.63, 3.8) is 0 Å². The van der Waals surface area contributed by atoms with Gasteiger partial charge >= 0.3 is 0 Å². The Morgan fingerprint density at radius 3 is 2.27 bits per heavy atom. The zero-order chi connectivity index (χ0) is 16.1. The molecule has 0 heterocycles. The van der Waals surface area contributed by atoms with E-state index in [4.69, 9.17) is 23.2 Å². The van der Waals surface area contributed by atoms with E-state index in [0.717, 1.165) is 0 Å². The molecular weight excluding hydrogens is 329 g/mol. The molecule has 6 nitrogen and oxygen atoms in total. The van der Waals surface area contributed by atoms with E-state index >= 15 is 0 Å². The van der Waals surface area contributed by atoms with E-state index in [9.17, 15) is 14.9 Å². The van der Waals surface area contributed by atoms with E-state index in [1.807, 2.05) is 0 Å². The van der Waals surface area contributed by atoms with Gasteiger partial charge in [-0.05, 0) is 24.3 Å². The number of carbonyl (C=O) groups excluding carboxylic acids is 1. The van der Waals surface area contributed by atoms with E-state index in [1.165, 1.54) is 30.5 Å². The van der Waals surface area contributed by atoms with Crippen LogP contribution in [0, 0.1) is 10.1 Å². The van der Waals surface area contributed by atoms with E-state index in [2.05, 4.69) is 10.5 Å². The van der Waals surface area contributed by atoms with Crippen LogP contribution in [0.5, 0.6) is 0 Å². The van der Waals surface area contributed by atoms with Crippen molar-refractivity contribution in [3.8, 4) is 0 Å². The van der Waals surface area contributed by atoms with Gasteiger partial charge in [-0.1, -0.05) is 29.3 Å². The minimum atomic E-state index is -0.542. The molecule has 2 aromatic carbocycles. The zero-order valence-corrected chi connectivity index (χ0v) is 12.5. The van der Waals surface area contributed by atoms with Crippen LogP contribution in [0.1, 0.15) is 15.9 Å². The number of hydrogen-bond acceptors (Lipinski definition) is 4. The Morgan fingerprint density at radius 2 is 1.73 bits per heavy atom. The third kappa shape index (κ3) is 3.81. The van der Waals surface area contributed by atoms with Gasteiger partial charge in [0.25, 0.3) is 11.6 Å². The maximum atomic E-state index is 11.8. The van der Waals surface area contributed by atoms with E-state index < -0.39 is 10.8 Å². The lowest BCUT2D eigenvalue weighted by Crippen LogP contribution is -2.17. The Kier molecular flexibility index (Phi) is 5.08. The highest BCUT2D eigenvalue weighted by Gasteiger charge is 2.08. The van der Waals surface area contributed by atoms with Gasteiger partial charge < -0.3 is 0 Å². The molecule has 0 spiro atoms. The van der Waals surface area contributed by atoms with Crippen LogP contribution in [0.4, 0.5) is 5.69 Å². The van der Waals surface area contributed by atoms with Gasteiger partial charge in [0, 0.05) is 23.3 Å². The van der Waals surface area contributed by atoms with E-state index in [-0.39, 0.29) is 11.3 Å². The average molecular weight is 338 g/mol. The van der Waals surface area contributed by atoms with Gasteiger partial charge in [0.2, 0.25) is 0 Å². The molecule has 0 radical (unpaired) electrons. The molecule has 0 aliphatic rings. The van der Waals surface area contributed by atoms with Crippen LogP contribution < -0.4 is 5.43 Å². The normalized spacial score (nSPS) is 10.6.